The first-order valence-corrected chi connectivity index (χ1v) is 8.86. The van der Waals surface area contributed by atoms with E-state index in [4.69, 9.17) is 5.73 Å². The summed E-state index contributed by atoms with van der Waals surface area (Å²) in [5, 5.41) is 10.9. The van der Waals surface area contributed by atoms with Crippen molar-refractivity contribution in [1.82, 2.24) is 0 Å². The molecule has 8 heteroatoms. The van der Waals surface area contributed by atoms with E-state index in [1.807, 2.05) is 0 Å². The molecule has 2 rings (SSSR count). The minimum Gasteiger partial charge on any atom is -0.386 e. The maximum absolute atomic E-state index is 14.2. The van der Waals surface area contributed by atoms with Gasteiger partial charge in [0, 0.05) is 23.4 Å². The van der Waals surface area contributed by atoms with Crippen LogP contribution in [0.2, 0.25) is 0 Å². The van der Waals surface area contributed by atoms with E-state index in [-0.39, 0.29) is 22.8 Å². The van der Waals surface area contributed by atoms with Gasteiger partial charge in [0.2, 0.25) is 0 Å². The first-order valence-electron chi connectivity index (χ1n) is 6.69. The van der Waals surface area contributed by atoms with E-state index < -0.39 is 31.3 Å². The number of benzene rings is 1. The molecule has 122 valence electrons. The van der Waals surface area contributed by atoms with Crippen LogP contribution in [0.1, 0.15) is 26.3 Å². The Morgan fingerprint density at radius 2 is 2.05 bits per heavy atom. The second-order valence-electron chi connectivity index (χ2n) is 6.39. The molecular formula is C14H20FN3O3S. The van der Waals surface area contributed by atoms with Gasteiger partial charge in [0.25, 0.3) is 5.69 Å². The smallest absolute Gasteiger partial charge is 0.270 e. The summed E-state index contributed by atoms with van der Waals surface area (Å²) in [6.07, 6.45) is 1.70. The molecule has 0 fully saturated rings. The molecule has 1 aliphatic heterocycles. The molecule has 1 aromatic rings. The molecule has 6 nitrogen and oxygen atoms in total. The van der Waals surface area contributed by atoms with Gasteiger partial charge in [-0.15, -0.1) is 10.3 Å². The van der Waals surface area contributed by atoms with Gasteiger partial charge in [0.15, 0.2) is 0 Å². The van der Waals surface area contributed by atoms with E-state index in [0.29, 0.717) is 0 Å². The van der Waals surface area contributed by atoms with Gasteiger partial charge in [-0.25, -0.2) is 4.39 Å². The largest absolute Gasteiger partial charge is 0.386 e. The van der Waals surface area contributed by atoms with Gasteiger partial charge in [-0.3, -0.25) is 15.1 Å². The van der Waals surface area contributed by atoms with E-state index in [0.717, 1.165) is 12.1 Å². The molecule has 0 spiro atoms. The van der Waals surface area contributed by atoms with Crippen LogP contribution >= 0.6 is 10.3 Å². The number of non-ortho nitro benzene ring substituents is 1. The molecule has 1 unspecified atom stereocenters. The fraction of sp³-hybridized carbons (Fsp3) is 0.500. The highest BCUT2D eigenvalue weighted by molar-refractivity contribution is 8.30. The van der Waals surface area contributed by atoms with E-state index in [1.165, 1.54) is 6.07 Å². The van der Waals surface area contributed by atoms with Crippen LogP contribution in [0.3, 0.4) is 0 Å². The standard InChI is InChI=1S/C14H20FN3O3S/c1-13(2)12(16)17-14(3,8-22(13,4)21)10-7-9(18(19)20)5-6-11(10)15/h5-7,21H,8H2,1-4H3,(H2,16,17)/t14-/m0/s1. The van der Waals surface area contributed by atoms with Gasteiger partial charge in [-0.2, -0.15) is 0 Å². The molecule has 0 aliphatic carbocycles. The highest BCUT2D eigenvalue weighted by Gasteiger charge is 2.49. The summed E-state index contributed by atoms with van der Waals surface area (Å²) < 4.78 is 24.3. The van der Waals surface area contributed by atoms with Crippen LogP contribution < -0.4 is 5.73 Å². The third-order valence-corrected chi connectivity index (χ3v) is 7.92. The van der Waals surface area contributed by atoms with Crippen LogP contribution in [0.5, 0.6) is 0 Å². The molecule has 0 radical (unpaired) electrons. The summed E-state index contributed by atoms with van der Waals surface area (Å²) in [5.41, 5.74) is 4.73. The summed E-state index contributed by atoms with van der Waals surface area (Å²) in [4.78, 5) is 14.7. The zero-order valence-corrected chi connectivity index (χ0v) is 13.8. The van der Waals surface area contributed by atoms with Crippen LogP contribution in [0.15, 0.2) is 23.2 Å². The van der Waals surface area contributed by atoms with Crippen LogP contribution in [-0.2, 0) is 5.54 Å². The Hall–Kier alpha value is -1.67. The number of nitrogens with two attached hydrogens (primary N) is 1. The van der Waals surface area contributed by atoms with Gasteiger partial charge in [0.05, 0.1) is 15.2 Å². The average molecular weight is 329 g/mol. The Labute approximate surface area is 129 Å². The number of nitro benzene ring substituents is 1. The van der Waals surface area contributed by atoms with Gasteiger partial charge >= 0.3 is 0 Å². The minimum absolute atomic E-state index is 0.0768. The second-order valence-corrected chi connectivity index (χ2v) is 9.78. The van der Waals surface area contributed by atoms with Crippen LogP contribution in [0.25, 0.3) is 0 Å². The monoisotopic (exact) mass is 329 g/mol. The second kappa shape index (κ2) is 4.92. The topological polar surface area (TPSA) is 102 Å². The molecule has 1 aliphatic rings. The number of halogens is 1. The molecule has 1 heterocycles. The molecule has 0 saturated carbocycles. The molecule has 3 N–H and O–H groups in total. The highest BCUT2D eigenvalue weighted by Crippen LogP contribution is 2.59. The first-order chi connectivity index (χ1) is 9.91. The number of aliphatic imine (C=N–C) groups is 1. The van der Waals surface area contributed by atoms with Crippen molar-refractivity contribution in [3.8, 4) is 0 Å². The maximum Gasteiger partial charge on any atom is 0.270 e. The van der Waals surface area contributed by atoms with E-state index in [2.05, 4.69) is 4.99 Å². The van der Waals surface area contributed by atoms with Crippen molar-refractivity contribution in [3.05, 3.63) is 39.7 Å². The summed E-state index contributed by atoms with van der Waals surface area (Å²) in [6, 6.07) is 3.32. The van der Waals surface area contributed by atoms with Gasteiger partial charge < -0.3 is 10.3 Å². The van der Waals surface area contributed by atoms with Crippen molar-refractivity contribution in [2.45, 2.75) is 31.1 Å². The molecule has 2 atom stereocenters. The number of hydrogen-bond donors (Lipinski definition) is 2. The Kier molecular flexibility index (Phi) is 3.73. The fourth-order valence-corrected chi connectivity index (χ4v) is 4.73. The number of hydrogen-bond acceptors (Lipinski definition) is 5. The van der Waals surface area contributed by atoms with Crippen molar-refractivity contribution < 1.29 is 13.9 Å². The van der Waals surface area contributed by atoms with Crippen LogP contribution in [0, 0.1) is 15.9 Å². The zero-order chi connectivity index (χ0) is 16.9. The Morgan fingerprint density at radius 1 is 1.45 bits per heavy atom. The fourth-order valence-electron chi connectivity index (χ4n) is 2.56. The lowest BCUT2D eigenvalue weighted by molar-refractivity contribution is -0.385. The van der Waals surface area contributed by atoms with Crippen LogP contribution in [-0.4, -0.2) is 32.1 Å². The van der Waals surface area contributed by atoms with Gasteiger partial charge in [-0.1, -0.05) is 0 Å². The van der Waals surface area contributed by atoms with E-state index >= 15 is 0 Å². The quantitative estimate of drug-likeness (QED) is 0.643. The average Bonchev–Trinajstić information content (AvgIpc) is 2.36. The number of rotatable bonds is 2. The van der Waals surface area contributed by atoms with Gasteiger partial charge in [0.1, 0.15) is 11.7 Å². The lowest BCUT2D eigenvalue weighted by atomic mass is 9.93. The third kappa shape index (κ3) is 2.46. The third-order valence-electron chi connectivity index (χ3n) is 4.39. The van der Waals surface area contributed by atoms with Crippen molar-refractivity contribution in [1.29, 1.82) is 0 Å². The lowest BCUT2D eigenvalue weighted by Crippen LogP contribution is -2.52. The Bertz CT molecular complexity index is 675. The maximum atomic E-state index is 14.2. The SMILES string of the molecule is CC1(C)C(N)=N[C@](C)(c2cc([N+](=O)[O-])ccc2F)CS1(C)O. The number of nitro groups is 1. The molecular weight excluding hydrogens is 309 g/mol. The lowest BCUT2D eigenvalue weighted by Gasteiger charge is -2.52. The minimum atomic E-state index is -2.21. The number of nitrogens with zero attached hydrogens (tertiary/aromatic N) is 2. The zero-order valence-electron chi connectivity index (χ0n) is 13.0. The predicted molar refractivity (Wildman–Crippen MR) is 87.1 cm³/mol. The molecule has 1 aromatic carbocycles. The van der Waals surface area contributed by atoms with Crippen molar-refractivity contribution in [2.75, 3.05) is 12.0 Å². The predicted octanol–water partition coefficient (Wildman–Crippen LogP) is 3.01. The van der Waals surface area contributed by atoms with E-state index in [1.54, 1.807) is 27.0 Å². The van der Waals surface area contributed by atoms with Gasteiger partial charge in [-0.05, 0) is 33.1 Å². The van der Waals surface area contributed by atoms with E-state index in [9.17, 15) is 19.1 Å². The van der Waals surface area contributed by atoms with Crippen LogP contribution in [0.4, 0.5) is 10.1 Å². The molecule has 0 saturated heterocycles. The summed E-state index contributed by atoms with van der Waals surface area (Å²) in [7, 11) is -2.21. The Balaban J connectivity index is 2.64. The number of amidine groups is 1. The Morgan fingerprint density at radius 3 is 2.55 bits per heavy atom. The van der Waals surface area contributed by atoms with Crippen molar-refractivity contribution >= 4 is 21.8 Å². The molecule has 0 aromatic heterocycles. The molecule has 0 amide bonds. The molecule has 0 bridgehead atoms. The summed E-state index contributed by atoms with van der Waals surface area (Å²) in [6.45, 7) is 5.23. The first kappa shape index (κ1) is 16.7. The van der Waals surface area contributed by atoms with Crippen molar-refractivity contribution in [3.63, 3.8) is 0 Å². The summed E-state index contributed by atoms with van der Waals surface area (Å²) >= 11 is 0. The summed E-state index contributed by atoms with van der Waals surface area (Å²) in [5.74, 6) is -0.182. The molecule has 22 heavy (non-hydrogen) atoms. The highest BCUT2D eigenvalue weighted by atomic mass is 32.3. The normalized spacial score (nSPS) is 33.6. The van der Waals surface area contributed by atoms with Crippen molar-refractivity contribution in [2.24, 2.45) is 10.7 Å².